The first kappa shape index (κ1) is 9.27. The summed E-state index contributed by atoms with van der Waals surface area (Å²) >= 11 is 5.64. The van der Waals surface area contributed by atoms with Crippen molar-refractivity contribution in [2.75, 3.05) is 5.73 Å². The number of aromatic carboxylic acids is 1. The van der Waals surface area contributed by atoms with Gasteiger partial charge in [-0.3, -0.25) is 0 Å². The molecule has 3 N–H and O–H groups in total. The first-order valence-corrected chi connectivity index (χ1v) is 4.66. The largest absolute Gasteiger partial charge is 0.477 e. The van der Waals surface area contributed by atoms with E-state index < -0.39 is 5.97 Å². The van der Waals surface area contributed by atoms with Crippen LogP contribution in [0.5, 0.6) is 0 Å². The number of hydrogen-bond acceptors (Lipinski definition) is 3. The van der Waals surface area contributed by atoms with Crippen molar-refractivity contribution in [3.8, 4) is 0 Å². The van der Waals surface area contributed by atoms with Gasteiger partial charge in [-0.2, -0.15) is 0 Å². The van der Waals surface area contributed by atoms with E-state index in [1.807, 2.05) is 0 Å². The van der Waals surface area contributed by atoms with E-state index in [4.69, 9.17) is 22.4 Å². The minimum absolute atomic E-state index is 0.00231. The molecule has 14 heavy (non-hydrogen) atoms. The van der Waals surface area contributed by atoms with Crippen molar-refractivity contribution in [1.82, 2.24) is 4.98 Å². The number of carboxylic acids is 1. The third-order valence-electron chi connectivity index (χ3n) is 2.25. The standard InChI is InChI=1S/C9H9ClN2O2/c10-6-3-5(11)7(4-1-2-4)8(12-6)9(13)14/h3-4H,1-2H2,(H2,11,12)(H,13,14). The highest BCUT2D eigenvalue weighted by Crippen LogP contribution is 2.44. The maximum absolute atomic E-state index is 10.9. The fourth-order valence-electron chi connectivity index (χ4n) is 1.51. The molecule has 4 nitrogen and oxygen atoms in total. The summed E-state index contributed by atoms with van der Waals surface area (Å²) in [6.07, 6.45) is 1.96. The molecule has 2 rings (SSSR count). The lowest BCUT2D eigenvalue weighted by Crippen LogP contribution is -2.08. The molecule has 0 radical (unpaired) electrons. The van der Waals surface area contributed by atoms with Crippen molar-refractivity contribution in [2.24, 2.45) is 0 Å². The van der Waals surface area contributed by atoms with Gasteiger partial charge in [-0.1, -0.05) is 11.6 Å². The first-order valence-electron chi connectivity index (χ1n) is 4.29. The van der Waals surface area contributed by atoms with Crippen LogP contribution in [0.15, 0.2) is 6.07 Å². The molecule has 1 aliphatic carbocycles. The van der Waals surface area contributed by atoms with E-state index in [1.54, 1.807) is 0 Å². The zero-order chi connectivity index (χ0) is 10.3. The van der Waals surface area contributed by atoms with Crippen LogP contribution in [-0.2, 0) is 0 Å². The summed E-state index contributed by atoms with van der Waals surface area (Å²) in [5, 5.41) is 9.04. The highest BCUT2D eigenvalue weighted by molar-refractivity contribution is 6.29. The molecule has 1 fully saturated rings. The third kappa shape index (κ3) is 1.53. The number of pyridine rings is 1. The number of nitrogens with zero attached hydrogens (tertiary/aromatic N) is 1. The fraction of sp³-hybridized carbons (Fsp3) is 0.333. The number of nitrogens with two attached hydrogens (primary N) is 1. The molecule has 0 spiro atoms. The van der Waals surface area contributed by atoms with Crippen molar-refractivity contribution in [1.29, 1.82) is 0 Å². The Morgan fingerprint density at radius 1 is 1.64 bits per heavy atom. The minimum Gasteiger partial charge on any atom is -0.477 e. The number of aromatic nitrogens is 1. The Bertz CT molecular complexity index is 402. The Balaban J connectivity index is 2.58. The van der Waals surface area contributed by atoms with E-state index >= 15 is 0 Å². The van der Waals surface area contributed by atoms with Crippen molar-refractivity contribution in [3.05, 3.63) is 22.5 Å². The average Bonchev–Trinajstić information content (AvgIpc) is 2.85. The molecule has 1 saturated carbocycles. The maximum Gasteiger partial charge on any atom is 0.354 e. The number of halogens is 1. The van der Waals surface area contributed by atoms with E-state index in [-0.39, 0.29) is 16.8 Å². The Morgan fingerprint density at radius 3 is 2.79 bits per heavy atom. The molecule has 0 unspecified atom stereocenters. The van der Waals surface area contributed by atoms with Crippen LogP contribution in [-0.4, -0.2) is 16.1 Å². The summed E-state index contributed by atoms with van der Waals surface area (Å²) in [6, 6.07) is 1.50. The number of rotatable bonds is 2. The minimum atomic E-state index is -1.07. The van der Waals surface area contributed by atoms with Crippen LogP contribution < -0.4 is 5.73 Å². The van der Waals surface area contributed by atoms with Gasteiger partial charge in [0, 0.05) is 11.3 Å². The Labute approximate surface area is 85.7 Å². The lowest BCUT2D eigenvalue weighted by atomic mass is 10.1. The van der Waals surface area contributed by atoms with E-state index in [9.17, 15) is 4.79 Å². The van der Waals surface area contributed by atoms with Gasteiger partial charge >= 0.3 is 5.97 Å². The molecule has 1 aromatic rings. The van der Waals surface area contributed by atoms with Crippen molar-refractivity contribution >= 4 is 23.3 Å². The average molecular weight is 213 g/mol. The normalized spacial score (nSPS) is 15.5. The van der Waals surface area contributed by atoms with Crippen molar-refractivity contribution in [3.63, 3.8) is 0 Å². The van der Waals surface area contributed by atoms with Gasteiger partial charge in [-0.15, -0.1) is 0 Å². The summed E-state index contributed by atoms with van der Waals surface area (Å²) in [7, 11) is 0. The molecule has 1 heterocycles. The summed E-state index contributed by atoms with van der Waals surface area (Å²) in [4.78, 5) is 14.7. The van der Waals surface area contributed by atoms with Gasteiger partial charge in [0.2, 0.25) is 0 Å². The topological polar surface area (TPSA) is 76.2 Å². The maximum atomic E-state index is 10.9. The lowest BCUT2D eigenvalue weighted by molar-refractivity contribution is 0.0689. The molecule has 0 aliphatic heterocycles. The van der Waals surface area contributed by atoms with Crippen molar-refractivity contribution < 1.29 is 9.90 Å². The SMILES string of the molecule is Nc1cc(Cl)nc(C(=O)O)c1C1CC1. The van der Waals surface area contributed by atoms with Gasteiger partial charge in [0.05, 0.1) is 0 Å². The van der Waals surface area contributed by atoms with E-state index in [1.165, 1.54) is 6.07 Å². The zero-order valence-electron chi connectivity index (χ0n) is 7.33. The van der Waals surface area contributed by atoms with Gasteiger partial charge in [-0.25, -0.2) is 9.78 Å². The molecule has 5 heteroatoms. The van der Waals surface area contributed by atoms with Crippen LogP contribution in [0.2, 0.25) is 5.15 Å². The molecule has 0 bridgehead atoms. The van der Waals surface area contributed by atoms with Crippen LogP contribution in [0.25, 0.3) is 0 Å². The second-order valence-corrected chi connectivity index (χ2v) is 3.76. The van der Waals surface area contributed by atoms with Crippen LogP contribution in [0.3, 0.4) is 0 Å². The summed E-state index contributed by atoms with van der Waals surface area (Å²) in [6.45, 7) is 0. The molecule has 1 aliphatic rings. The van der Waals surface area contributed by atoms with E-state index in [2.05, 4.69) is 4.98 Å². The van der Waals surface area contributed by atoms with Crippen LogP contribution in [0, 0.1) is 0 Å². The highest BCUT2D eigenvalue weighted by atomic mass is 35.5. The molecular weight excluding hydrogens is 204 g/mol. The molecule has 1 aromatic heterocycles. The predicted octanol–water partition coefficient (Wildman–Crippen LogP) is 1.89. The Kier molecular flexibility index (Phi) is 2.07. The second-order valence-electron chi connectivity index (χ2n) is 3.38. The first-order chi connectivity index (χ1) is 6.59. The van der Waals surface area contributed by atoms with Gasteiger partial charge in [-0.05, 0) is 24.8 Å². The smallest absolute Gasteiger partial charge is 0.354 e. The predicted molar refractivity (Wildman–Crippen MR) is 52.6 cm³/mol. The van der Waals surface area contributed by atoms with Crippen LogP contribution in [0.1, 0.15) is 34.8 Å². The molecule has 0 aromatic carbocycles. The quantitative estimate of drug-likeness (QED) is 0.734. The number of nitrogen functional groups attached to an aromatic ring is 1. The second kappa shape index (κ2) is 3.13. The van der Waals surface area contributed by atoms with Gasteiger partial charge in [0.15, 0.2) is 5.69 Å². The number of carboxylic acid groups (broad SMARTS) is 1. The molecule has 0 saturated heterocycles. The molecule has 74 valence electrons. The van der Waals surface area contributed by atoms with Gasteiger partial charge < -0.3 is 10.8 Å². The zero-order valence-corrected chi connectivity index (χ0v) is 8.08. The van der Waals surface area contributed by atoms with Crippen molar-refractivity contribution in [2.45, 2.75) is 18.8 Å². The monoisotopic (exact) mass is 212 g/mol. The number of hydrogen-bond donors (Lipinski definition) is 2. The lowest BCUT2D eigenvalue weighted by Gasteiger charge is -2.07. The number of carbonyl (C=O) groups is 1. The number of anilines is 1. The Morgan fingerprint density at radius 2 is 2.29 bits per heavy atom. The summed E-state index contributed by atoms with van der Waals surface area (Å²) in [5.41, 5.74) is 6.79. The Hall–Kier alpha value is -1.29. The summed E-state index contributed by atoms with van der Waals surface area (Å²) in [5.74, 6) is -0.813. The van der Waals surface area contributed by atoms with Crippen LogP contribution >= 0.6 is 11.6 Å². The third-order valence-corrected chi connectivity index (χ3v) is 2.44. The summed E-state index contributed by atoms with van der Waals surface area (Å²) < 4.78 is 0. The van der Waals surface area contributed by atoms with E-state index in [0.29, 0.717) is 11.3 Å². The van der Waals surface area contributed by atoms with Gasteiger partial charge in [0.1, 0.15) is 5.15 Å². The van der Waals surface area contributed by atoms with Crippen LogP contribution in [0.4, 0.5) is 5.69 Å². The molecule has 0 amide bonds. The highest BCUT2D eigenvalue weighted by Gasteiger charge is 2.31. The fourth-order valence-corrected chi connectivity index (χ4v) is 1.71. The molecule has 0 atom stereocenters. The van der Waals surface area contributed by atoms with E-state index in [0.717, 1.165) is 12.8 Å². The molecular formula is C9H9ClN2O2. The van der Waals surface area contributed by atoms with Gasteiger partial charge in [0.25, 0.3) is 0 Å².